The molecular formula is C14H16BF2N3O. The van der Waals surface area contributed by atoms with Gasteiger partial charge in [0.25, 0.3) is 5.91 Å². The summed E-state index contributed by atoms with van der Waals surface area (Å²) in [6, 6.07) is 4.75. The lowest BCUT2D eigenvalue weighted by Crippen LogP contribution is -2.26. The normalized spacial score (nSPS) is 16.5. The van der Waals surface area contributed by atoms with E-state index in [0.717, 1.165) is 0 Å². The summed E-state index contributed by atoms with van der Waals surface area (Å²) < 4.78 is 26.4. The number of benzene rings is 1. The maximum atomic E-state index is 13.2. The van der Waals surface area contributed by atoms with Crippen LogP contribution in [0.4, 0.5) is 14.3 Å². The van der Waals surface area contributed by atoms with E-state index in [2.05, 4.69) is 4.99 Å². The Labute approximate surface area is 122 Å². The number of carbonyl (C=O) groups excluding carboxylic acids is 1. The van der Waals surface area contributed by atoms with Gasteiger partial charge in [0.15, 0.2) is 0 Å². The maximum Gasteiger partial charge on any atom is 0.572 e. The van der Waals surface area contributed by atoms with E-state index in [9.17, 15) is 13.4 Å². The number of hydrogen-bond donors (Lipinski definition) is 0. The van der Waals surface area contributed by atoms with Crippen LogP contribution >= 0.6 is 0 Å². The van der Waals surface area contributed by atoms with Crippen molar-refractivity contribution in [3.63, 3.8) is 0 Å². The van der Waals surface area contributed by atoms with E-state index in [1.54, 1.807) is 45.1 Å². The minimum atomic E-state index is -2.61. The molecule has 21 heavy (non-hydrogen) atoms. The summed E-state index contributed by atoms with van der Waals surface area (Å²) in [4.78, 5) is 19.2. The molecule has 0 fully saturated rings. The monoisotopic (exact) mass is 291 g/mol. The van der Waals surface area contributed by atoms with Crippen LogP contribution in [-0.2, 0) is 4.79 Å². The lowest BCUT2D eigenvalue weighted by molar-refractivity contribution is -0.121. The van der Waals surface area contributed by atoms with Crippen LogP contribution in [0.5, 0.6) is 0 Å². The number of hydrogen-bond acceptors (Lipinski definition) is 3. The molecule has 2 rings (SSSR count). The molecule has 0 saturated carbocycles. The Morgan fingerprint density at radius 1 is 1.33 bits per heavy atom. The van der Waals surface area contributed by atoms with Crippen LogP contribution in [0.25, 0.3) is 6.08 Å². The lowest BCUT2D eigenvalue weighted by atomic mass is 9.81. The highest BCUT2D eigenvalue weighted by Crippen LogP contribution is 2.19. The van der Waals surface area contributed by atoms with Crippen LogP contribution in [0.2, 0.25) is 0 Å². The van der Waals surface area contributed by atoms with E-state index in [4.69, 9.17) is 0 Å². The number of carbonyl (C=O) groups is 1. The fourth-order valence-corrected chi connectivity index (χ4v) is 2.02. The Morgan fingerprint density at radius 3 is 2.48 bits per heavy atom. The van der Waals surface area contributed by atoms with Gasteiger partial charge in [-0.25, -0.2) is 4.99 Å². The Bertz CT molecular complexity index is 641. The number of anilines is 1. The van der Waals surface area contributed by atoms with Gasteiger partial charge in [-0.3, -0.25) is 18.3 Å². The molecule has 1 aliphatic rings. The number of amidine groups is 1. The number of aliphatic imine (C=N–C) groups is 1. The van der Waals surface area contributed by atoms with Gasteiger partial charge in [-0.05, 0) is 30.7 Å². The van der Waals surface area contributed by atoms with Gasteiger partial charge in [0.2, 0.25) is 0 Å². The Hall–Kier alpha value is -2.18. The first-order chi connectivity index (χ1) is 9.81. The van der Waals surface area contributed by atoms with E-state index >= 15 is 0 Å². The first-order valence-electron chi connectivity index (χ1n) is 6.45. The molecule has 110 valence electrons. The molecule has 1 amide bonds. The summed E-state index contributed by atoms with van der Waals surface area (Å²) in [7, 11) is 2.55. The average molecular weight is 291 g/mol. The number of halogens is 2. The molecule has 1 aliphatic heterocycles. The third-order valence-electron chi connectivity index (χ3n) is 3.41. The summed E-state index contributed by atoms with van der Waals surface area (Å²) in [5.74, 6) is 0.263. The molecule has 0 radical (unpaired) electrons. The maximum absolute atomic E-state index is 13.2. The van der Waals surface area contributed by atoms with E-state index in [-0.39, 0.29) is 17.1 Å². The van der Waals surface area contributed by atoms with Gasteiger partial charge >= 0.3 is 7.27 Å². The summed E-state index contributed by atoms with van der Waals surface area (Å²) >= 11 is 0. The van der Waals surface area contributed by atoms with Crippen molar-refractivity contribution >= 4 is 36.2 Å². The van der Waals surface area contributed by atoms with Crippen molar-refractivity contribution in [3.05, 3.63) is 29.5 Å². The molecule has 0 saturated heterocycles. The average Bonchev–Trinajstić information content (AvgIpc) is 2.66. The first-order valence-corrected chi connectivity index (χ1v) is 6.45. The number of rotatable bonds is 3. The first kappa shape index (κ1) is 15.2. The smallest absolute Gasteiger partial charge is 0.378 e. The minimum absolute atomic E-state index is 0.107. The number of likely N-dealkylation sites (N-methyl/N-ethyl adjacent to an activating group) is 1. The highest BCUT2D eigenvalue weighted by Gasteiger charge is 2.26. The molecule has 4 nitrogen and oxygen atoms in total. The molecule has 0 bridgehead atoms. The molecule has 7 heteroatoms. The molecule has 1 aromatic carbocycles. The van der Waals surface area contributed by atoms with E-state index in [1.807, 2.05) is 0 Å². The molecule has 1 aromatic rings. The van der Waals surface area contributed by atoms with Crippen molar-refractivity contribution in [2.75, 3.05) is 26.0 Å². The van der Waals surface area contributed by atoms with Crippen LogP contribution in [0.3, 0.4) is 0 Å². The third kappa shape index (κ3) is 2.96. The van der Waals surface area contributed by atoms with Crippen molar-refractivity contribution in [2.45, 2.75) is 6.92 Å². The predicted octanol–water partition coefficient (Wildman–Crippen LogP) is 1.62. The van der Waals surface area contributed by atoms with Crippen molar-refractivity contribution in [2.24, 2.45) is 4.99 Å². The summed E-state index contributed by atoms with van der Waals surface area (Å²) in [6.07, 6.45) is 1.41. The Kier molecular flexibility index (Phi) is 4.11. The van der Waals surface area contributed by atoms with Gasteiger partial charge in [0.05, 0.1) is 0 Å². The topological polar surface area (TPSA) is 35.9 Å². The van der Waals surface area contributed by atoms with Gasteiger partial charge < -0.3 is 4.90 Å². The van der Waals surface area contributed by atoms with Gasteiger partial charge in [-0.2, -0.15) is 0 Å². The number of amides is 1. The van der Waals surface area contributed by atoms with Crippen molar-refractivity contribution in [1.82, 2.24) is 4.90 Å². The zero-order valence-electron chi connectivity index (χ0n) is 12.4. The Morgan fingerprint density at radius 2 is 2.00 bits per heavy atom. The summed E-state index contributed by atoms with van der Waals surface area (Å²) in [6.45, 7) is 1.70. The predicted molar refractivity (Wildman–Crippen MR) is 82.2 cm³/mol. The molecule has 0 unspecified atom stereocenters. The number of nitrogens with zero attached hydrogens (tertiary/aromatic N) is 3. The van der Waals surface area contributed by atoms with Gasteiger partial charge in [0.1, 0.15) is 11.5 Å². The second-order valence-electron chi connectivity index (χ2n) is 5.06. The molecule has 1 heterocycles. The van der Waals surface area contributed by atoms with Crippen LogP contribution in [-0.4, -0.2) is 45.1 Å². The zero-order valence-corrected chi connectivity index (χ0v) is 12.4. The third-order valence-corrected chi connectivity index (χ3v) is 3.41. The minimum Gasteiger partial charge on any atom is -0.378 e. The van der Waals surface area contributed by atoms with Crippen LogP contribution in [0.1, 0.15) is 12.5 Å². The highest BCUT2D eigenvalue weighted by atomic mass is 19.2. The summed E-state index contributed by atoms with van der Waals surface area (Å²) in [5, 5.41) is 0. The molecule has 0 atom stereocenters. The quantitative estimate of drug-likeness (QED) is 0.626. The van der Waals surface area contributed by atoms with Crippen LogP contribution in [0.15, 0.2) is 28.9 Å². The SMILES string of the molecule is CC1=N/C(=C\c2ccc(N(C)C)cc2B(F)F)C(=O)N1C. The lowest BCUT2D eigenvalue weighted by Gasteiger charge is -2.14. The second kappa shape index (κ2) is 5.67. The molecule has 0 spiro atoms. The van der Waals surface area contributed by atoms with E-state index in [0.29, 0.717) is 17.1 Å². The molecule has 0 aliphatic carbocycles. The standard InChI is InChI=1S/C14H16BF2N3O/c1-9-18-13(14(21)20(9)4)7-10-5-6-11(19(2)3)8-12(10)15(16)17/h5-8H,1-4H3/b13-7-. The Balaban J connectivity index is 2.48. The fourth-order valence-electron chi connectivity index (χ4n) is 2.02. The molecule has 0 N–H and O–H groups in total. The van der Waals surface area contributed by atoms with Crippen LogP contribution in [0, 0.1) is 0 Å². The van der Waals surface area contributed by atoms with Gasteiger partial charge in [-0.1, -0.05) is 6.07 Å². The molecule has 0 aromatic heterocycles. The fraction of sp³-hybridized carbons (Fsp3) is 0.286. The second-order valence-corrected chi connectivity index (χ2v) is 5.06. The van der Waals surface area contributed by atoms with Crippen molar-refractivity contribution < 1.29 is 13.4 Å². The van der Waals surface area contributed by atoms with Crippen molar-refractivity contribution in [3.8, 4) is 0 Å². The van der Waals surface area contributed by atoms with Gasteiger partial charge in [-0.15, -0.1) is 0 Å². The van der Waals surface area contributed by atoms with Gasteiger partial charge in [0, 0.05) is 32.3 Å². The van der Waals surface area contributed by atoms with Crippen molar-refractivity contribution in [1.29, 1.82) is 0 Å². The largest absolute Gasteiger partial charge is 0.572 e. The van der Waals surface area contributed by atoms with E-state index in [1.165, 1.54) is 17.0 Å². The summed E-state index contributed by atoms with van der Waals surface area (Å²) in [5.41, 5.74) is 1.06. The zero-order chi connectivity index (χ0) is 15.7. The molecular weight excluding hydrogens is 275 g/mol. The van der Waals surface area contributed by atoms with E-state index < -0.39 is 7.27 Å². The van der Waals surface area contributed by atoms with Crippen LogP contribution < -0.4 is 10.4 Å². The highest BCUT2D eigenvalue weighted by molar-refractivity contribution is 6.61.